The lowest BCUT2D eigenvalue weighted by atomic mass is 9.83. The molecule has 1 fully saturated rings. The Kier molecular flexibility index (Phi) is 2.70. The van der Waals surface area contributed by atoms with E-state index in [1.54, 1.807) is 0 Å². The number of nitrogens with two attached hydrogens (primary N) is 1. The highest BCUT2D eigenvalue weighted by atomic mass is 32.1. The van der Waals surface area contributed by atoms with Gasteiger partial charge in [-0.25, -0.2) is 0 Å². The summed E-state index contributed by atoms with van der Waals surface area (Å²) in [7, 11) is 0. The Morgan fingerprint density at radius 1 is 1.67 bits per heavy atom. The van der Waals surface area contributed by atoms with Gasteiger partial charge in [-0.1, -0.05) is 26.1 Å². The fourth-order valence-corrected chi connectivity index (χ4v) is 1.61. The highest BCUT2D eigenvalue weighted by Gasteiger charge is 2.43. The highest BCUT2D eigenvalue weighted by Crippen LogP contribution is 2.27. The summed E-state index contributed by atoms with van der Waals surface area (Å²) < 4.78 is 0. The summed E-state index contributed by atoms with van der Waals surface area (Å²) in [6, 6.07) is 0. The molecule has 0 spiro atoms. The fraction of sp³-hybridized carbons (Fsp3) is 0.875. The molecule has 0 aliphatic carbocycles. The van der Waals surface area contributed by atoms with Crippen LogP contribution in [0.15, 0.2) is 0 Å². The van der Waals surface area contributed by atoms with E-state index in [-0.39, 0.29) is 0 Å². The van der Waals surface area contributed by atoms with Crippen molar-refractivity contribution in [3.63, 3.8) is 0 Å². The molecule has 0 aromatic carbocycles. The minimum absolute atomic E-state index is 0.306. The van der Waals surface area contributed by atoms with Crippen molar-refractivity contribution in [1.82, 2.24) is 4.90 Å². The second-order valence-electron chi connectivity index (χ2n) is 3.87. The molecule has 0 bridgehead atoms. The summed E-state index contributed by atoms with van der Waals surface area (Å²) in [5.74, 6) is 0.306. The molecule has 1 saturated heterocycles. The van der Waals surface area contributed by atoms with Gasteiger partial charge in [-0.05, 0) is 5.92 Å². The lowest BCUT2D eigenvalue weighted by molar-refractivity contribution is -0.121. The number of likely N-dealkylation sites (tertiary alicyclic amines) is 1. The van der Waals surface area contributed by atoms with Crippen molar-refractivity contribution < 1.29 is 5.11 Å². The number of thiocarbonyl (C=S) groups is 1. The molecular formula is C8H16N2OS. The van der Waals surface area contributed by atoms with E-state index in [0.29, 0.717) is 30.5 Å². The molecule has 0 amide bonds. The summed E-state index contributed by atoms with van der Waals surface area (Å²) in [5, 5.41) is 9.84. The van der Waals surface area contributed by atoms with Crippen molar-refractivity contribution in [2.45, 2.75) is 19.4 Å². The van der Waals surface area contributed by atoms with Gasteiger partial charge in [0.15, 0.2) is 0 Å². The van der Waals surface area contributed by atoms with Crippen LogP contribution in [0.2, 0.25) is 0 Å². The van der Waals surface area contributed by atoms with Crippen LogP contribution in [0.4, 0.5) is 0 Å². The minimum atomic E-state index is -0.509. The molecule has 12 heavy (non-hydrogen) atoms. The molecule has 3 nitrogen and oxygen atoms in total. The number of aliphatic hydroxyl groups is 1. The van der Waals surface area contributed by atoms with Gasteiger partial charge < -0.3 is 10.8 Å². The zero-order chi connectivity index (χ0) is 9.35. The molecule has 1 aliphatic heterocycles. The summed E-state index contributed by atoms with van der Waals surface area (Å²) in [4.78, 5) is 2.56. The van der Waals surface area contributed by atoms with E-state index in [4.69, 9.17) is 18.0 Å². The Labute approximate surface area is 78.5 Å². The second-order valence-corrected chi connectivity index (χ2v) is 4.39. The van der Waals surface area contributed by atoms with Gasteiger partial charge in [0.05, 0.1) is 10.6 Å². The van der Waals surface area contributed by atoms with Crippen molar-refractivity contribution in [2.24, 2.45) is 11.7 Å². The normalized spacial score (nSPS) is 22.3. The van der Waals surface area contributed by atoms with Gasteiger partial charge in [0.2, 0.25) is 0 Å². The Hall–Kier alpha value is -0.190. The number of rotatable bonds is 3. The molecule has 3 N–H and O–H groups in total. The molecule has 1 aliphatic rings. The average Bonchev–Trinajstić information content (AvgIpc) is 1.82. The van der Waals surface area contributed by atoms with E-state index in [2.05, 4.69) is 4.90 Å². The van der Waals surface area contributed by atoms with Crippen LogP contribution in [-0.2, 0) is 0 Å². The third-order valence-electron chi connectivity index (χ3n) is 2.45. The molecular weight excluding hydrogens is 172 g/mol. The first-order valence-electron chi connectivity index (χ1n) is 4.17. The van der Waals surface area contributed by atoms with Gasteiger partial charge in [0.1, 0.15) is 0 Å². The van der Waals surface area contributed by atoms with Crippen molar-refractivity contribution in [3.05, 3.63) is 0 Å². The van der Waals surface area contributed by atoms with E-state index in [1.807, 2.05) is 13.8 Å². The predicted octanol–water partition coefficient (Wildman–Crippen LogP) is -0.0248. The van der Waals surface area contributed by atoms with Gasteiger partial charge in [-0.2, -0.15) is 0 Å². The van der Waals surface area contributed by atoms with E-state index < -0.39 is 5.60 Å². The fourth-order valence-electron chi connectivity index (χ4n) is 1.43. The van der Waals surface area contributed by atoms with Gasteiger partial charge in [0, 0.05) is 19.6 Å². The van der Waals surface area contributed by atoms with E-state index in [0.717, 1.165) is 0 Å². The maximum atomic E-state index is 9.84. The van der Waals surface area contributed by atoms with Crippen LogP contribution in [0.25, 0.3) is 0 Å². The predicted molar refractivity (Wildman–Crippen MR) is 53.0 cm³/mol. The molecule has 0 aromatic heterocycles. The standard InChI is InChI=1S/C8H16N2OS/c1-6(2)8(11)4-10(5-8)3-7(9)12/h6,11H,3-5H2,1-2H3,(H2,9,12). The quantitative estimate of drug-likeness (QED) is 0.611. The van der Waals surface area contributed by atoms with Crippen molar-refractivity contribution in [3.8, 4) is 0 Å². The van der Waals surface area contributed by atoms with Gasteiger partial charge in [-0.3, -0.25) is 4.90 Å². The van der Waals surface area contributed by atoms with Gasteiger partial charge in [-0.15, -0.1) is 0 Å². The summed E-state index contributed by atoms with van der Waals surface area (Å²) in [6.45, 7) is 6.07. The molecule has 4 heteroatoms. The van der Waals surface area contributed by atoms with E-state index in [9.17, 15) is 5.11 Å². The summed E-state index contributed by atoms with van der Waals surface area (Å²) >= 11 is 4.77. The first-order valence-corrected chi connectivity index (χ1v) is 4.58. The lowest BCUT2D eigenvalue weighted by Crippen LogP contribution is -2.65. The smallest absolute Gasteiger partial charge is 0.0923 e. The number of nitrogens with zero attached hydrogens (tertiary/aromatic N) is 1. The third kappa shape index (κ3) is 1.94. The van der Waals surface area contributed by atoms with Crippen LogP contribution >= 0.6 is 12.2 Å². The molecule has 0 unspecified atom stereocenters. The number of β-amino-alcohol motifs (C(OH)–C–C–N with tert-alkyl or cyclic N) is 1. The maximum Gasteiger partial charge on any atom is 0.0923 e. The van der Waals surface area contributed by atoms with Crippen LogP contribution in [0, 0.1) is 5.92 Å². The van der Waals surface area contributed by atoms with Crippen LogP contribution in [0.5, 0.6) is 0 Å². The maximum absolute atomic E-state index is 9.84. The van der Waals surface area contributed by atoms with Crippen molar-refractivity contribution in [1.29, 1.82) is 0 Å². The molecule has 1 heterocycles. The van der Waals surface area contributed by atoms with E-state index in [1.165, 1.54) is 0 Å². The largest absolute Gasteiger partial charge is 0.392 e. The lowest BCUT2D eigenvalue weighted by Gasteiger charge is -2.49. The van der Waals surface area contributed by atoms with Crippen LogP contribution in [0.3, 0.4) is 0 Å². The monoisotopic (exact) mass is 188 g/mol. The first kappa shape index (κ1) is 9.89. The summed E-state index contributed by atoms with van der Waals surface area (Å²) in [6.07, 6.45) is 0. The van der Waals surface area contributed by atoms with Crippen LogP contribution in [-0.4, -0.2) is 40.2 Å². The molecule has 1 rings (SSSR count). The SMILES string of the molecule is CC(C)C1(O)CN(CC(N)=S)C1. The number of hydrogen-bond acceptors (Lipinski definition) is 3. The van der Waals surface area contributed by atoms with Crippen LogP contribution < -0.4 is 5.73 Å². The Bertz CT molecular complexity index is 187. The Morgan fingerprint density at radius 2 is 2.17 bits per heavy atom. The zero-order valence-electron chi connectivity index (χ0n) is 7.58. The molecule has 0 radical (unpaired) electrons. The molecule has 0 atom stereocenters. The highest BCUT2D eigenvalue weighted by molar-refractivity contribution is 7.80. The zero-order valence-corrected chi connectivity index (χ0v) is 8.40. The first-order chi connectivity index (χ1) is 5.44. The van der Waals surface area contributed by atoms with Crippen molar-refractivity contribution >= 4 is 17.2 Å². The van der Waals surface area contributed by atoms with E-state index >= 15 is 0 Å². The number of hydrogen-bond donors (Lipinski definition) is 2. The third-order valence-corrected chi connectivity index (χ3v) is 2.58. The minimum Gasteiger partial charge on any atom is -0.392 e. The Balaban J connectivity index is 2.32. The Morgan fingerprint density at radius 3 is 2.50 bits per heavy atom. The molecule has 0 saturated carbocycles. The second kappa shape index (κ2) is 3.28. The topological polar surface area (TPSA) is 49.5 Å². The van der Waals surface area contributed by atoms with Gasteiger partial charge in [0.25, 0.3) is 0 Å². The molecule has 0 aromatic rings. The molecule has 70 valence electrons. The van der Waals surface area contributed by atoms with Gasteiger partial charge >= 0.3 is 0 Å². The van der Waals surface area contributed by atoms with Crippen LogP contribution in [0.1, 0.15) is 13.8 Å². The summed E-state index contributed by atoms with van der Waals surface area (Å²) in [5.41, 5.74) is 4.87. The van der Waals surface area contributed by atoms with Crippen molar-refractivity contribution in [2.75, 3.05) is 19.6 Å². The average molecular weight is 188 g/mol.